The van der Waals surface area contributed by atoms with Crippen molar-refractivity contribution in [3.05, 3.63) is 35.9 Å². The van der Waals surface area contributed by atoms with Crippen LogP contribution in [-0.2, 0) is 0 Å². The third-order valence-corrected chi connectivity index (χ3v) is 4.05. The van der Waals surface area contributed by atoms with Crippen LogP contribution in [0.15, 0.2) is 34.9 Å². The number of nitrogens with one attached hydrogen (secondary N) is 1. The summed E-state index contributed by atoms with van der Waals surface area (Å²) >= 11 is 0. The lowest BCUT2D eigenvalue weighted by molar-refractivity contribution is 0.0698. The van der Waals surface area contributed by atoms with E-state index in [0.29, 0.717) is 11.4 Å². The third-order valence-electron chi connectivity index (χ3n) is 4.05. The molecule has 1 aromatic heterocycles. The summed E-state index contributed by atoms with van der Waals surface area (Å²) in [6, 6.07) is 9.57. The fourth-order valence-corrected chi connectivity index (χ4v) is 2.83. The summed E-state index contributed by atoms with van der Waals surface area (Å²) in [5, 5.41) is 16.6. The van der Waals surface area contributed by atoms with Crippen molar-refractivity contribution in [2.45, 2.75) is 37.8 Å². The Bertz CT molecular complexity index is 646. The minimum absolute atomic E-state index is 0.0843. The van der Waals surface area contributed by atoms with Crippen molar-refractivity contribution in [2.75, 3.05) is 5.32 Å². The Morgan fingerprint density at radius 3 is 2.55 bits per heavy atom. The number of rotatable bonds is 4. The first-order chi connectivity index (χ1) is 10.6. The van der Waals surface area contributed by atoms with E-state index < -0.39 is 5.97 Å². The van der Waals surface area contributed by atoms with Gasteiger partial charge in [0.05, 0.1) is 0 Å². The van der Waals surface area contributed by atoms with Crippen LogP contribution >= 0.6 is 0 Å². The number of aromatic nitrogens is 1. The van der Waals surface area contributed by atoms with Gasteiger partial charge in [0, 0.05) is 17.6 Å². The summed E-state index contributed by atoms with van der Waals surface area (Å²) in [5.74, 6) is -0.468. The van der Waals surface area contributed by atoms with Gasteiger partial charge in [-0.25, -0.2) is 4.79 Å². The van der Waals surface area contributed by atoms with Crippen molar-refractivity contribution in [3.63, 3.8) is 0 Å². The molecule has 1 saturated carbocycles. The molecule has 0 bridgehead atoms. The molecule has 0 atom stereocenters. The minimum Gasteiger partial charge on any atom is -0.477 e. The fraction of sp³-hybridized carbons (Fsp3) is 0.375. The monoisotopic (exact) mass is 301 g/mol. The van der Waals surface area contributed by atoms with E-state index in [1.807, 2.05) is 18.2 Å². The normalized spacial score (nSPS) is 21.5. The quantitative estimate of drug-likeness (QED) is 0.802. The van der Waals surface area contributed by atoms with E-state index in [2.05, 4.69) is 10.5 Å². The summed E-state index contributed by atoms with van der Waals surface area (Å²) in [6.45, 7) is 0. The molecule has 116 valence electrons. The van der Waals surface area contributed by atoms with Crippen LogP contribution in [0.4, 0.5) is 5.82 Å². The van der Waals surface area contributed by atoms with Crippen LogP contribution in [0.1, 0.15) is 36.0 Å². The van der Waals surface area contributed by atoms with E-state index in [9.17, 15) is 9.90 Å². The Morgan fingerprint density at radius 2 is 1.91 bits per heavy atom. The van der Waals surface area contributed by atoms with Gasteiger partial charge in [0.1, 0.15) is 0 Å². The zero-order valence-corrected chi connectivity index (χ0v) is 12.2. The Morgan fingerprint density at radius 1 is 1.23 bits per heavy atom. The molecule has 0 spiro atoms. The second kappa shape index (κ2) is 6.19. The van der Waals surface area contributed by atoms with Gasteiger partial charge in [-0.15, -0.1) is 0 Å². The summed E-state index contributed by atoms with van der Waals surface area (Å²) in [7, 11) is 0. The van der Waals surface area contributed by atoms with E-state index in [1.54, 1.807) is 12.1 Å². The second-order valence-electron chi connectivity index (χ2n) is 5.66. The molecular formula is C16H19N3O3. The number of nitrogens with zero attached hydrogens (tertiary/aromatic N) is 1. The SMILES string of the molecule is NC1CCC(Nc2noc(-c3ccccc3)c2C(=O)O)CC1. The van der Waals surface area contributed by atoms with Crippen LogP contribution in [0.2, 0.25) is 0 Å². The Hall–Kier alpha value is -2.34. The molecule has 0 unspecified atom stereocenters. The first kappa shape index (κ1) is 14.6. The molecule has 0 saturated heterocycles. The average molecular weight is 301 g/mol. The summed E-state index contributed by atoms with van der Waals surface area (Å²) in [4.78, 5) is 11.6. The van der Waals surface area contributed by atoms with Gasteiger partial charge in [-0.05, 0) is 25.7 Å². The van der Waals surface area contributed by atoms with E-state index in [0.717, 1.165) is 25.7 Å². The Labute approximate surface area is 128 Å². The topological polar surface area (TPSA) is 101 Å². The highest BCUT2D eigenvalue weighted by Gasteiger charge is 2.26. The molecule has 3 rings (SSSR count). The van der Waals surface area contributed by atoms with Crippen LogP contribution in [0, 0.1) is 0 Å². The zero-order chi connectivity index (χ0) is 15.5. The maximum Gasteiger partial charge on any atom is 0.343 e. The van der Waals surface area contributed by atoms with Crippen LogP contribution in [-0.4, -0.2) is 28.3 Å². The molecule has 0 radical (unpaired) electrons. The minimum atomic E-state index is -1.05. The van der Waals surface area contributed by atoms with Crippen molar-refractivity contribution in [3.8, 4) is 11.3 Å². The van der Waals surface area contributed by atoms with Crippen LogP contribution in [0.3, 0.4) is 0 Å². The summed E-state index contributed by atoms with van der Waals surface area (Å²) < 4.78 is 5.29. The van der Waals surface area contributed by atoms with Gasteiger partial charge < -0.3 is 20.7 Å². The number of carboxylic acids is 1. The van der Waals surface area contributed by atoms with Gasteiger partial charge in [0.25, 0.3) is 0 Å². The van der Waals surface area contributed by atoms with Crippen LogP contribution < -0.4 is 11.1 Å². The number of hydrogen-bond donors (Lipinski definition) is 3. The highest BCUT2D eigenvalue weighted by atomic mass is 16.5. The molecule has 2 aromatic rings. The van der Waals surface area contributed by atoms with Crippen LogP contribution in [0.25, 0.3) is 11.3 Å². The number of benzene rings is 1. The maximum atomic E-state index is 11.6. The molecule has 1 fully saturated rings. The molecule has 1 aliphatic rings. The van der Waals surface area contributed by atoms with Gasteiger partial charge in [0.2, 0.25) is 0 Å². The summed E-state index contributed by atoms with van der Waals surface area (Å²) in [5.41, 5.74) is 6.68. The summed E-state index contributed by atoms with van der Waals surface area (Å²) in [6.07, 6.45) is 3.69. The lowest BCUT2D eigenvalue weighted by Crippen LogP contribution is -2.33. The maximum absolute atomic E-state index is 11.6. The number of anilines is 1. The lowest BCUT2D eigenvalue weighted by Gasteiger charge is -2.26. The number of carboxylic acid groups (broad SMARTS) is 1. The van der Waals surface area contributed by atoms with Gasteiger partial charge in [-0.2, -0.15) is 0 Å². The predicted octanol–water partition coefficient (Wildman–Crippen LogP) is 2.72. The van der Waals surface area contributed by atoms with Crippen molar-refractivity contribution < 1.29 is 14.4 Å². The number of carbonyl (C=O) groups is 1. The molecular weight excluding hydrogens is 282 g/mol. The highest BCUT2D eigenvalue weighted by molar-refractivity contribution is 5.99. The first-order valence-electron chi connectivity index (χ1n) is 7.45. The lowest BCUT2D eigenvalue weighted by atomic mass is 9.92. The predicted molar refractivity (Wildman–Crippen MR) is 82.8 cm³/mol. The van der Waals surface area contributed by atoms with Gasteiger partial charge in [-0.3, -0.25) is 0 Å². The molecule has 1 aromatic carbocycles. The average Bonchev–Trinajstić information content (AvgIpc) is 2.94. The van der Waals surface area contributed by atoms with E-state index >= 15 is 0 Å². The molecule has 1 aliphatic carbocycles. The van der Waals surface area contributed by atoms with E-state index in [-0.39, 0.29) is 23.4 Å². The second-order valence-corrected chi connectivity index (χ2v) is 5.66. The van der Waals surface area contributed by atoms with Crippen LogP contribution in [0.5, 0.6) is 0 Å². The number of aromatic carboxylic acids is 1. The van der Waals surface area contributed by atoms with E-state index in [1.165, 1.54) is 0 Å². The van der Waals surface area contributed by atoms with Crippen molar-refractivity contribution >= 4 is 11.8 Å². The Balaban J connectivity index is 1.86. The molecule has 6 nitrogen and oxygen atoms in total. The van der Waals surface area contributed by atoms with Crippen molar-refractivity contribution in [1.82, 2.24) is 5.16 Å². The van der Waals surface area contributed by atoms with Crippen molar-refractivity contribution in [2.24, 2.45) is 5.73 Å². The molecule has 0 aliphatic heterocycles. The molecule has 22 heavy (non-hydrogen) atoms. The largest absolute Gasteiger partial charge is 0.477 e. The molecule has 6 heteroatoms. The smallest absolute Gasteiger partial charge is 0.343 e. The third kappa shape index (κ3) is 2.96. The van der Waals surface area contributed by atoms with Gasteiger partial charge >= 0.3 is 5.97 Å². The van der Waals surface area contributed by atoms with Crippen molar-refractivity contribution in [1.29, 1.82) is 0 Å². The molecule has 1 heterocycles. The standard InChI is InChI=1S/C16H19N3O3/c17-11-6-8-12(9-7-11)18-15-13(16(20)21)14(22-19-15)10-4-2-1-3-5-10/h1-5,11-12H,6-9,17H2,(H,18,19)(H,20,21). The molecule has 4 N–H and O–H groups in total. The highest BCUT2D eigenvalue weighted by Crippen LogP contribution is 2.31. The number of nitrogens with two attached hydrogens (primary N) is 1. The fourth-order valence-electron chi connectivity index (χ4n) is 2.83. The van der Waals surface area contributed by atoms with Gasteiger partial charge in [-0.1, -0.05) is 35.5 Å². The van der Waals surface area contributed by atoms with E-state index in [4.69, 9.17) is 10.3 Å². The zero-order valence-electron chi connectivity index (χ0n) is 12.2. The first-order valence-corrected chi connectivity index (χ1v) is 7.45. The van der Waals surface area contributed by atoms with Gasteiger partial charge in [0.15, 0.2) is 17.1 Å². The molecule has 0 amide bonds. The Kier molecular flexibility index (Phi) is 4.11. The number of hydrogen-bond acceptors (Lipinski definition) is 5.